The van der Waals surface area contributed by atoms with Crippen molar-refractivity contribution in [2.75, 3.05) is 6.54 Å². The molecule has 1 aromatic rings. The van der Waals surface area contributed by atoms with Crippen molar-refractivity contribution >= 4 is 29.3 Å². The zero-order chi connectivity index (χ0) is 12.3. The highest BCUT2D eigenvalue weighted by atomic mass is 32.1. The Morgan fingerprint density at radius 2 is 2.35 bits per heavy atom. The van der Waals surface area contributed by atoms with E-state index in [-0.39, 0.29) is 5.91 Å². The minimum Gasteiger partial charge on any atom is -0.328 e. The maximum atomic E-state index is 12.0. The first-order chi connectivity index (χ1) is 8.22. The zero-order valence-electron chi connectivity index (χ0n) is 9.51. The van der Waals surface area contributed by atoms with E-state index in [0.29, 0.717) is 17.4 Å². The molecule has 1 fully saturated rings. The molecule has 0 aliphatic carbocycles. The van der Waals surface area contributed by atoms with Crippen molar-refractivity contribution in [3.05, 3.63) is 35.8 Å². The number of nitrogens with one attached hydrogen (secondary N) is 1. The maximum absolute atomic E-state index is 12.0. The van der Waals surface area contributed by atoms with Gasteiger partial charge in [0.05, 0.1) is 5.69 Å². The number of amides is 1. The van der Waals surface area contributed by atoms with Crippen LogP contribution in [0, 0.1) is 0 Å². The van der Waals surface area contributed by atoms with Crippen LogP contribution in [0.2, 0.25) is 0 Å². The van der Waals surface area contributed by atoms with Crippen LogP contribution in [0.3, 0.4) is 0 Å². The number of aromatic nitrogens is 1. The van der Waals surface area contributed by atoms with Crippen molar-refractivity contribution in [1.29, 1.82) is 0 Å². The van der Waals surface area contributed by atoms with Crippen LogP contribution in [0.5, 0.6) is 0 Å². The summed E-state index contributed by atoms with van der Waals surface area (Å²) in [5, 5.41) is 3.39. The molecule has 1 N–H and O–H groups in total. The predicted octanol–water partition coefficient (Wildman–Crippen LogP) is 1.55. The Balaban J connectivity index is 2.22. The molecule has 1 aliphatic heterocycles. The van der Waals surface area contributed by atoms with Crippen LogP contribution < -0.4 is 5.32 Å². The molecule has 0 bridgehead atoms. The Bertz CT molecular complexity index is 470. The Hall–Kier alpha value is -1.75. The van der Waals surface area contributed by atoms with E-state index in [2.05, 4.69) is 10.3 Å². The van der Waals surface area contributed by atoms with Crippen molar-refractivity contribution in [2.45, 2.75) is 13.3 Å². The van der Waals surface area contributed by atoms with E-state index < -0.39 is 0 Å². The number of carbonyl (C=O) groups is 1. The molecule has 0 atom stereocenters. The van der Waals surface area contributed by atoms with E-state index in [1.165, 1.54) is 0 Å². The molecular formula is C12H13N3OS. The first-order valence-electron chi connectivity index (χ1n) is 5.48. The summed E-state index contributed by atoms with van der Waals surface area (Å²) in [4.78, 5) is 17.7. The van der Waals surface area contributed by atoms with E-state index in [1.807, 2.05) is 25.1 Å². The van der Waals surface area contributed by atoms with Crippen LogP contribution in [0.4, 0.5) is 0 Å². The van der Waals surface area contributed by atoms with Gasteiger partial charge in [-0.25, -0.2) is 0 Å². The first kappa shape index (κ1) is 11.7. The van der Waals surface area contributed by atoms with Crippen molar-refractivity contribution in [1.82, 2.24) is 15.2 Å². The fraction of sp³-hybridized carbons (Fsp3) is 0.250. The Kier molecular flexibility index (Phi) is 3.49. The standard InChI is InChI=1S/C12H13N3OS/c1-2-7-15-11(16)10(14-12(15)17)8-9-5-3-4-6-13-9/h3-6,8H,2,7H2,1H3,(H,14,17)/b10-8-. The summed E-state index contributed by atoms with van der Waals surface area (Å²) in [6.45, 7) is 2.65. The van der Waals surface area contributed by atoms with E-state index in [4.69, 9.17) is 12.2 Å². The lowest BCUT2D eigenvalue weighted by molar-refractivity contribution is -0.122. The fourth-order valence-electron chi connectivity index (χ4n) is 1.61. The molecule has 5 heteroatoms. The number of carbonyl (C=O) groups excluding carboxylic acids is 1. The molecule has 2 heterocycles. The monoisotopic (exact) mass is 247 g/mol. The summed E-state index contributed by atoms with van der Waals surface area (Å²) in [6, 6.07) is 5.55. The van der Waals surface area contributed by atoms with Crippen LogP contribution in [-0.4, -0.2) is 27.4 Å². The van der Waals surface area contributed by atoms with Gasteiger partial charge in [0.2, 0.25) is 0 Å². The van der Waals surface area contributed by atoms with Gasteiger partial charge in [-0.05, 0) is 36.8 Å². The molecule has 1 aromatic heterocycles. The normalized spacial score (nSPS) is 17.7. The van der Waals surface area contributed by atoms with Crippen LogP contribution in [0.1, 0.15) is 19.0 Å². The fourth-order valence-corrected chi connectivity index (χ4v) is 1.89. The van der Waals surface area contributed by atoms with Crippen molar-refractivity contribution in [2.24, 2.45) is 0 Å². The molecule has 2 rings (SSSR count). The lowest BCUT2D eigenvalue weighted by atomic mass is 10.3. The highest BCUT2D eigenvalue weighted by Gasteiger charge is 2.29. The molecule has 4 nitrogen and oxygen atoms in total. The molecule has 0 saturated carbocycles. The average molecular weight is 247 g/mol. The molecule has 0 spiro atoms. The van der Waals surface area contributed by atoms with Gasteiger partial charge >= 0.3 is 0 Å². The number of pyridine rings is 1. The van der Waals surface area contributed by atoms with Gasteiger partial charge in [-0.1, -0.05) is 13.0 Å². The minimum absolute atomic E-state index is 0.0810. The first-order valence-corrected chi connectivity index (χ1v) is 5.88. The van der Waals surface area contributed by atoms with Crippen LogP contribution in [-0.2, 0) is 4.79 Å². The maximum Gasteiger partial charge on any atom is 0.276 e. The summed E-state index contributed by atoms with van der Waals surface area (Å²) in [5.41, 5.74) is 1.23. The number of rotatable bonds is 3. The summed E-state index contributed by atoms with van der Waals surface area (Å²) in [7, 11) is 0. The molecule has 0 radical (unpaired) electrons. The van der Waals surface area contributed by atoms with Crippen molar-refractivity contribution in [3.8, 4) is 0 Å². The SMILES string of the molecule is CCCN1C(=O)/C(=C/c2ccccn2)NC1=S. The molecule has 88 valence electrons. The summed E-state index contributed by atoms with van der Waals surface area (Å²) < 4.78 is 0. The van der Waals surface area contributed by atoms with E-state index in [9.17, 15) is 4.79 Å². The van der Waals surface area contributed by atoms with E-state index >= 15 is 0 Å². The molecule has 0 unspecified atom stereocenters. The highest BCUT2D eigenvalue weighted by Crippen LogP contribution is 2.13. The van der Waals surface area contributed by atoms with Gasteiger partial charge in [-0.3, -0.25) is 14.7 Å². The Morgan fingerprint density at radius 3 is 3.00 bits per heavy atom. The van der Waals surface area contributed by atoms with E-state index in [0.717, 1.165) is 12.1 Å². The molecule has 17 heavy (non-hydrogen) atoms. The summed E-state index contributed by atoms with van der Waals surface area (Å²) >= 11 is 5.11. The van der Waals surface area contributed by atoms with Crippen molar-refractivity contribution < 1.29 is 4.79 Å². The summed E-state index contributed by atoms with van der Waals surface area (Å²) in [5.74, 6) is -0.0810. The second kappa shape index (κ2) is 5.05. The number of thiocarbonyl (C=S) groups is 1. The second-order valence-electron chi connectivity index (χ2n) is 3.70. The van der Waals surface area contributed by atoms with Gasteiger partial charge in [0.1, 0.15) is 5.70 Å². The Labute approximate surface area is 105 Å². The van der Waals surface area contributed by atoms with Gasteiger partial charge in [0, 0.05) is 12.7 Å². The average Bonchev–Trinajstić information content (AvgIpc) is 2.59. The van der Waals surface area contributed by atoms with Gasteiger partial charge in [-0.15, -0.1) is 0 Å². The largest absolute Gasteiger partial charge is 0.328 e. The third kappa shape index (κ3) is 2.50. The lowest BCUT2D eigenvalue weighted by Crippen LogP contribution is -2.31. The van der Waals surface area contributed by atoms with Gasteiger partial charge in [0.25, 0.3) is 5.91 Å². The molecule has 0 aromatic carbocycles. The zero-order valence-corrected chi connectivity index (χ0v) is 10.3. The Morgan fingerprint density at radius 1 is 1.53 bits per heavy atom. The number of hydrogen-bond donors (Lipinski definition) is 1. The lowest BCUT2D eigenvalue weighted by Gasteiger charge is -2.11. The molecule has 1 saturated heterocycles. The van der Waals surface area contributed by atoms with Crippen LogP contribution in [0.15, 0.2) is 30.1 Å². The molecular weight excluding hydrogens is 234 g/mol. The van der Waals surface area contributed by atoms with E-state index in [1.54, 1.807) is 17.2 Å². The van der Waals surface area contributed by atoms with Gasteiger partial charge < -0.3 is 5.32 Å². The third-order valence-corrected chi connectivity index (χ3v) is 2.71. The minimum atomic E-state index is -0.0810. The smallest absolute Gasteiger partial charge is 0.276 e. The van der Waals surface area contributed by atoms with Gasteiger partial charge in [-0.2, -0.15) is 0 Å². The molecule has 1 aliphatic rings. The van der Waals surface area contributed by atoms with Crippen LogP contribution in [0.25, 0.3) is 6.08 Å². The number of hydrogen-bond acceptors (Lipinski definition) is 3. The highest BCUT2D eigenvalue weighted by molar-refractivity contribution is 7.80. The van der Waals surface area contributed by atoms with Gasteiger partial charge in [0.15, 0.2) is 5.11 Å². The third-order valence-electron chi connectivity index (χ3n) is 2.39. The molecule has 1 amide bonds. The number of nitrogens with zero attached hydrogens (tertiary/aromatic N) is 2. The van der Waals surface area contributed by atoms with Crippen LogP contribution >= 0.6 is 12.2 Å². The predicted molar refractivity (Wildman–Crippen MR) is 70.0 cm³/mol. The topological polar surface area (TPSA) is 45.2 Å². The quantitative estimate of drug-likeness (QED) is 0.650. The van der Waals surface area contributed by atoms with Crippen molar-refractivity contribution in [3.63, 3.8) is 0 Å². The summed E-state index contributed by atoms with van der Waals surface area (Å²) in [6.07, 6.45) is 4.28. The second-order valence-corrected chi connectivity index (χ2v) is 4.09.